The average Bonchev–Trinajstić information content (AvgIpc) is 2.83. The summed E-state index contributed by atoms with van der Waals surface area (Å²) >= 11 is 6.11. The fourth-order valence-electron chi connectivity index (χ4n) is 2.84. The molecular weight excluding hydrogens is 294 g/mol. The van der Waals surface area contributed by atoms with E-state index in [4.69, 9.17) is 11.6 Å². The Kier molecular flexibility index (Phi) is 4.04. The molecule has 0 saturated heterocycles. The molecule has 0 aromatic heterocycles. The number of nitrogens with one attached hydrogen (secondary N) is 1. The van der Waals surface area contributed by atoms with Crippen molar-refractivity contribution in [2.45, 2.75) is 26.2 Å². The Labute approximate surface area is 135 Å². The summed E-state index contributed by atoms with van der Waals surface area (Å²) in [6.45, 7) is 5.90. The SMILES string of the molecule is C=C1Cc2cc(CC(=O)Cc3cccc(Cl)c3C)ccc2N1. The van der Waals surface area contributed by atoms with Gasteiger partial charge in [0.25, 0.3) is 0 Å². The molecule has 0 fully saturated rings. The number of carbonyl (C=O) groups excluding carboxylic acids is 1. The Hall–Kier alpha value is -2.06. The van der Waals surface area contributed by atoms with Crippen LogP contribution in [0.1, 0.15) is 22.3 Å². The van der Waals surface area contributed by atoms with E-state index in [1.54, 1.807) is 0 Å². The van der Waals surface area contributed by atoms with Crippen LogP contribution in [0.25, 0.3) is 0 Å². The van der Waals surface area contributed by atoms with Crippen LogP contribution in [0.2, 0.25) is 5.02 Å². The van der Waals surface area contributed by atoms with Crippen molar-refractivity contribution in [3.05, 3.63) is 76.0 Å². The van der Waals surface area contributed by atoms with E-state index < -0.39 is 0 Å². The number of rotatable bonds is 4. The van der Waals surface area contributed by atoms with E-state index in [0.717, 1.165) is 34.5 Å². The highest BCUT2D eigenvalue weighted by atomic mass is 35.5. The molecule has 2 nitrogen and oxygen atoms in total. The van der Waals surface area contributed by atoms with Crippen molar-refractivity contribution < 1.29 is 4.79 Å². The van der Waals surface area contributed by atoms with Gasteiger partial charge in [-0.2, -0.15) is 0 Å². The monoisotopic (exact) mass is 311 g/mol. The van der Waals surface area contributed by atoms with Crippen LogP contribution in [0.5, 0.6) is 0 Å². The molecule has 1 N–H and O–H groups in total. The molecule has 0 saturated carbocycles. The topological polar surface area (TPSA) is 29.1 Å². The second kappa shape index (κ2) is 5.98. The van der Waals surface area contributed by atoms with Gasteiger partial charge in [-0.05, 0) is 41.3 Å². The molecule has 1 aliphatic heterocycles. The van der Waals surface area contributed by atoms with Gasteiger partial charge in [-0.15, -0.1) is 0 Å². The fourth-order valence-corrected chi connectivity index (χ4v) is 3.03. The summed E-state index contributed by atoms with van der Waals surface area (Å²) in [4.78, 5) is 12.3. The highest BCUT2D eigenvalue weighted by Crippen LogP contribution is 2.28. The van der Waals surface area contributed by atoms with Crippen molar-refractivity contribution in [2.75, 3.05) is 5.32 Å². The summed E-state index contributed by atoms with van der Waals surface area (Å²) in [6.07, 6.45) is 1.71. The number of halogens is 1. The maximum absolute atomic E-state index is 12.3. The Bertz CT molecular complexity index is 764. The lowest BCUT2D eigenvalue weighted by Gasteiger charge is -2.08. The van der Waals surface area contributed by atoms with Crippen LogP contribution in [-0.2, 0) is 24.1 Å². The standard InChI is InChI=1S/C19H18ClNO/c1-12-8-16-9-14(6-7-19(16)21-12)10-17(22)11-15-4-3-5-18(20)13(15)2/h3-7,9,21H,1,8,10-11H2,2H3. The molecule has 1 heterocycles. The van der Waals surface area contributed by atoms with E-state index in [0.29, 0.717) is 17.9 Å². The lowest BCUT2D eigenvalue weighted by Crippen LogP contribution is -2.08. The molecule has 0 amide bonds. The summed E-state index contributed by atoms with van der Waals surface area (Å²) in [5.41, 5.74) is 6.38. The van der Waals surface area contributed by atoms with E-state index in [9.17, 15) is 4.79 Å². The summed E-state index contributed by atoms with van der Waals surface area (Å²) in [5.74, 6) is 0.204. The Morgan fingerprint density at radius 1 is 1.27 bits per heavy atom. The smallest absolute Gasteiger partial charge is 0.141 e. The Morgan fingerprint density at radius 3 is 2.91 bits per heavy atom. The second-order valence-corrected chi connectivity index (χ2v) is 6.22. The van der Waals surface area contributed by atoms with Crippen LogP contribution >= 0.6 is 11.6 Å². The zero-order chi connectivity index (χ0) is 15.7. The maximum atomic E-state index is 12.3. The minimum atomic E-state index is 0.204. The predicted molar refractivity (Wildman–Crippen MR) is 91.5 cm³/mol. The van der Waals surface area contributed by atoms with Crippen molar-refractivity contribution >= 4 is 23.1 Å². The number of hydrogen-bond donors (Lipinski definition) is 1. The number of hydrogen-bond acceptors (Lipinski definition) is 2. The first-order chi connectivity index (χ1) is 10.5. The summed E-state index contributed by atoms with van der Waals surface area (Å²) in [7, 11) is 0. The van der Waals surface area contributed by atoms with E-state index in [2.05, 4.69) is 18.0 Å². The minimum Gasteiger partial charge on any atom is -0.359 e. The van der Waals surface area contributed by atoms with Crippen LogP contribution < -0.4 is 5.32 Å². The number of anilines is 1. The lowest BCUT2D eigenvalue weighted by atomic mass is 9.98. The van der Waals surface area contributed by atoms with E-state index in [1.807, 2.05) is 37.3 Å². The quantitative estimate of drug-likeness (QED) is 0.901. The van der Waals surface area contributed by atoms with Gasteiger partial charge in [0.15, 0.2) is 0 Å². The van der Waals surface area contributed by atoms with Gasteiger partial charge < -0.3 is 5.32 Å². The number of carbonyl (C=O) groups is 1. The highest BCUT2D eigenvalue weighted by molar-refractivity contribution is 6.31. The maximum Gasteiger partial charge on any atom is 0.141 e. The molecule has 3 rings (SSSR count). The van der Waals surface area contributed by atoms with Crippen LogP contribution in [0.4, 0.5) is 5.69 Å². The molecule has 22 heavy (non-hydrogen) atoms. The molecular formula is C19H18ClNO. The fraction of sp³-hybridized carbons (Fsp3) is 0.211. The number of Topliss-reactive ketones (excluding diaryl/α,β-unsaturated/α-hetero) is 1. The highest BCUT2D eigenvalue weighted by Gasteiger charge is 2.15. The summed E-state index contributed by atoms with van der Waals surface area (Å²) < 4.78 is 0. The molecule has 0 bridgehead atoms. The van der Waals surface area contributed by atoms with Gasteiger partial charge in [0.2, 0.25) is 0 Å². The molecule has 0 spiro atoms. The minimum absolute atomic E-state index is 0.204. The number of fused-ring (bicyclic) bond motifs is 1. The molecule has 0 atom stereocenters. The average molecular weight is 312 g/mol. The zero-order valence-corrected chi connectivity index (χ0v) is 13.3. The third kappa shape index (κ3) is 3.07. The third-order valence-corrected chi connectivity index (χ3v) is 4.46. The van der Waals surface area contributed by atoms with Gasteiger partial charge in [-0.3, -0.25) is 4.79 Å². The van der Waals surface area contributed by atoms with Gasteiger partial charge >= 0.3 is 0 Å². The number of allylic oxidation sites excluding steroid dienone is 1. The lowest BCUT2D eigenvalue weighted by molar-refractivity contribution is -0.117. The summed E-state index contributed by atoms with van der Waals surface area (Å²) in [6, 6.07) is 11.8. The van der Waals surface area contributed by atoms with Crippen molar-refractivity contribution in [1.82, 2.24) is 0 Å². The van der Waals surface area contributed by atoms with Gasteiger partial charge in [-0.25, -0.2) is 0 Å². The zero-order valence-electron chi connectivity index (χ0n) is 12.6. The van der Waals surface area contributed by atoms with E-state index in [-0.39, 0.29) is 5.78 Å². The molecule has 3 heteroatoms. The number of benzene rings is 2. The van der Waals surface area contributed by atoms with Crippen LogP contribution in [0.3, 0.4) is 0 Å². The Morgan fingerprint density at radius 2 is 2.09 bits per heavy atom. The van der Waals surface area contributed by atoms with Crippen molar-refractivity contribution in [1.29, 1.82) is 0 Å². The van der Waals surface area contributed by atoms with Crippen molar-refractivity contribution in [3.8, 4) is 0 Å². The molecule has 0 radical (unpaired) electrons. The van der Waals surface area contributed by atoms with Gasteiger partial charge in [0, 0.05) is 35.7 Å². The van der Waals surface area contributed by atoms with Crippen molar-refractivity contribution in [2.24, 2.45) is 0 Å². The molecule has 2 aromatic carbocycles. The summed E-state index contributed by atoms with van der Waals surface area (Å²) in [5, 5.41) is 3.95. The largest absolute Gasteiger partial charge is 0.359 e. The van der Waals surface area contributed by atoms with Gasteiger partial charge in [0.05, 0.1) is 0 Å². The first kappa shape index (κ1) is 14.9. The third-order valence-electron chi connectivity index (χ3n) is 4.05. The van der Waals surface area contributed by atoms with Crippen LogP contribution in [0, 0.1) is 6.92 Å². The molecule has 2 aromatic rings. The molecule has 0 aliphatic carbocycles. The van der Waals surface area contributed by atoms with Gasteiger partial charge in [0.1, 0.15) is 5.78 Å². The molecule has 112 valence electrons. The molecule has 0 unspecified atom stereocenters. The first-order valence-electron chi connectivity index (χ1n) is 7.35. The normalized spacial score (nSPS) is 12.9. The Balaban J connectivity index is 1.71. The van der Waals surface area contributed by atoms with E-state index in [1.165, 1.54) is 5.56 Å². The first-order valence-corrected chi connectivity index (χ1v) is 7.73. The van der Waals surface area contributed by atoms with Crippen molar-refractivity contribution in [3.63, 3.8) is 0 Å². The number of ketones is 1. The molecule has 1 aliphatic rings. The van der Waals surface area contributed by atoms with Gasteiger partial charge in [-0.1, -0.05) is 42.4 Å². The predicted octanol–water partition coefficient (Wildman–Crippen LogP) is 4.48. The van der Waals surface area contributed by atoms with E-state index >= 15 is 0 Å². The second-order valence-electron chi connectivity index (χ2n) is 5.81. The van der Waals surface area contributed by atoms with Crippen LogP contribution in [0.15, 0.2) is 48.7 Å². The van der Waals surface area contributed by atoms with Crippen LogP contribution in [-0.4, -0.2) is 5.78 Å².